The summed E-state index contributed by atoms with van der Waals surface area (Å²) in [6.45, 7) is 10.4. The van der Waals surface area contributed by atoms with Crippen LogP contribution in [0.1, 0.15) is 51.8 Å². The van der Waals surface area contributed by atoms with Crippen LogP contribution in [0.4, 0.5) is 13.2 Å². The van der Waals surface area contributed by atoms with Crippen molar-refractivity contribution in [3.8, 4) is 5.75 Å². The first-order chi connectivity index (χ1) is 18.3. The Morgan fingerprint density at radius 2 is 2.10 bits per heavy atom. The Balaban J connectivity index is 0.000000956. The molecule has 1 aromatic rings. The van der Waals surface area contributed by atoms with E-state index in [1.807, 2.05) is 6.92 Å². The summed E-state index contributed by atoms with van der Waals surface area (Å²) >= 11 is 1.45. The Morgan fingerprint density at radius 3 is 2.67 bits per heavy atom. The van der Waals surface area contributed by atoms with Gasteiger partial charge < -0.3 is 34.9 Å². The zero-order chi connectivity index (χ0) is 29.6. The molecule has 15 heteroatoms. The van der Waals surface area contributed by atoms with Gasteiger partial charge >= 0.3 is 11.8 Å². The number of ether oxygens (including phenoxy) is 1. The Bertz CT molecular complexity index is 1110. The standard InChI is InChI=1S/C22H32N4O5S.C2HF3O2/c1-5-8-17(18-12-16(29-10-6-2)13-19(27)31-18)24-21(28)22(4)14-32-20(25-22)15(3)26-30-11-7-9-23;3-2(4,5)1(6)7/h6,12-13,17H,2,5,7-11,14,23H2,1,3-4H3,(H,24,28);(H,6,7)/p-1/b26-15+;/t17-,22+;/m1./s1. The number of halogens is 3. The van der Waals surface area contributed by atoms with Crippen molar-refractivity contribution >= 4 is 34.4 Å². The quantitative estimate of drug-likeness (QED) is 0.154. The normalized spacial score (nSPS) is 17.8. The molecule has 0 aromatic carbocycles. The molecular formula is C24H32F3N4O7S-. The van der Waals surface area contributed by atoms with Crippen molar-refractivity contribution in [1.29, 1.82) is 0 Å². The molecule has 11 nitrogen and oxygen atoms in total. The highest BCUT2D eigenvalue weighted by molar-refractivity contribution is 8.16. The maximum absolute atomic E-state index is 13.2. The van der Waals surface area contributed by atoms with Gasteiger partial charge in [0.25, 0.3) is 0 Å². The van der Waals surface area contributed by atoms with E-state index in [1.54, 1.807) is 26.0 Å². The maximum Gasteiger partial charge on any atom is 0.430 e. The number of hydrogen-bond donors (Lipinski definition) is 2. The molecule has 1 aromatic heterocycles. The maximum atomic E-state index is 13.2. The zero-order valence-electron chi connectivity index (χ0n) is 21.8. The molecular weight excluding hydrogens is 545 g/mol. The lowest BCUT2D eigenvalue weighted by Gasteiger charge is -2.24. The number of amides is 1. The Labute approximate surface area is 227 Å². The Morgan fingerprint density at radius 1 is 1.44 bits per heavy atom. The Kier molecular flexibility index (Phi) is 13.8. The van der Waals surface area contributed by atoms with Gasteiger partial charge in [0, 0.05) is 11.8 Å². The minimum atomic E-state index is -5.19. The summed E-state index contributed by atoms with van der Waals surface area (Å²) in [5.74, 6) is -2.08. The van der Waals surface area contributed by atoms with Crippen molar-refractivity contribution in [3.63, 3.8) is 0 Å². The number of rotatable bonds is 13. The van der Waals surface area contributed by atoms with Crippen LogP contribution in [-0.4, -0.2) is 59.9 Å². The summed E-state index contributed by atoms with van der Waals surface area (Å²) in [6, 6.07) is 2.41. The Hall–Kier alpha value is -3.33. The fourth-order valence-electron chi connectivity index (χ4n) is 2.90. The number of nitrogens with zero attached hydrogens (tertiary/aromatic N) is 2. The van der Waals surface area contributed by atoms with E-state index in [0.717, 1.165) is 6.42 Å². The fraction of sp³-hybridized carbons (Fsp3) is 0.542. The first-order valence-electron chi connectivity index (χ1n) is 11.8. The van der Waals surface area contributed by atoms with E-state index < -0.39 is 29.4 Å². The molecule has 2 heterocycles. The lowest BCUT2D eigenvalue weighted by Crippen LogP contribution is -2.45. The average Bonchev–Trinajstić information content (AvgIpc) is 3.28. The molecule has 39 heavy (non-hydrogen) atoms. The third-order valence-corrected chi connectivity index (χ3v) is 6.23. The predicted octanol–water partition coefficient (Wildman–Crippen LogP) is 2.11. The van der Waals surface area contributed by atoms with Gasteiger partial charge in [0.05, 0.1) is 12.1 Å². The zero-order valence-corrected chi connectivity index (χ0v) is 22.7. The van der Waals surface area contributed by atoms with Crippen LogP contribution in [0.25, 0.3) is 0 Å². The summed E-state index contributed by atoms with van der Waals surface area (Å²) in [7, 11) is 0. The molecule has 1 amide bonds. The summed E-state index contributed by atoms with van der Waals surface area (Å²) in [6.07, 6.45) is -1.53. The molecule has 0 fully saturated rings. The van der Waals surface area contributed by atoms with E-state index in [2.05, 4.69) is 22.0 Å². The van der Waals surface area contributed by atoms with E-state index in [9.17, 15) is 22.8 Å². The van der Waals surface area contributed by atoms with Crippen LogP contribution < -0.4 is 26.5 Å². The van der Waals surface area contributed by atoms with Crippen LogP contribution in [0.2, 0.25) is 0 Å². The summed E-state index contributed by atoms with van der Waals surface area (Å²) in [5.41, 5.74) is 4.54. The molecule has 1 aliphatic rings. The van der Waals surface area contributed by atoms with Gasteiger partial charge in [0.2, 0.25) is 5.91 Å². The average molecular weight is 578 g/mol. The van der Waals surface area contributed by atoms with Gasteiger partial charge in [-0.15, -0.1) is 11.8 Å². The number of nitrogens with two attached hydrogens (primary N) is 1. The number of aliphatic carboxylic acids is 1. The predicted molar refractivity (Wildman–Crippen MR) is 139 cm³/mol. The van der Waals surface area contributed by atoms with Crippen LogP contribution in [-0.2, 0) is 14.4 Å². The second-order valence-corrected chi connectivity index (χ2v) is 9.31. The highest BCUT2D eigenvalue weighted by Crippen LogP contribution is 2.30. The molecule has 0 aliphatic carbocycles. The number of carboxylic acids is 1. The molecule has 2 rings (SSSR count). The second kappa shape index (κ2) is 15.9. The molecule has 218 valence electrons. The molecule has 0 unspecified atom stereocenters. The van der Waals surface area contributed by atoms with E-state index in [4.69, 9.17) is 29.6 Å². The van der Waals surface area contributed by atoms with Crippen LogP contribution in [0.3, 0.4) is 0 Å². The van der Waals surface area contributed by atoms with Crippen molar-refractivity contribution in [2.24, 2.45) is 15.9 Å². The number of hydrogen-bond acceptors (Lipinski definition) is 11. The fourth-order valence-corrected chi connectivity index (χ4v) is 4.03. The van der Waals surface area contributed by atoms with Crippen LogP contribution >= 0.6 is 11.8 Å². The lowest BCUT2D eigenvalue weighted by molar-refractivity contribution is -0.344. The minimum absolute atomic E-state index is 0.254. The van der Waals surface area contributed by atoms with E-state index in [1.165, 1.54) is 17.8 Å². The summed E-state index contributed by atoms with van der Waals surface area (Å²) in [5, 5.41) is 16.5. The van der Waals surface area contributed by atoms with Gasteiger partial charge in [-0.2, -0.15) is 13.2 Å². The molecule has 0 spiro atoms. The van der Waals surface area contributed by atoms with Crippen LogP contribution in [0.5, 0.6) is 5.75 Å². The number of carbonyl (C=O) groups excluding carboxylic acids is 2. The highest BCUT2D eigenvalue weighted by atomic mass is 32.2. The van der Waals surface area contributed by atoms with E-state index in [0.29, 0.717) is 54.0 Å². The molecule has 0 saturated heterocycles. The van der Waals surface area contributed by atoms with Gasteiger partial charge in [0.1, 0.15) is 47.0 Å². The number of oxime groups is 1. The molecule has 0 saturated carbocycles. The van der Waals surface area contributed by atoms with Crippen LogP contribution in [0, 0.1) is 0 Å². The van der Waals surface area contributed by atoms with Gasteiger partial charge in [-0.3, -0.25) is 9.79 Å². The number of carboxylic acid groups (broad SMARTS) is 1. The van der Waals surface area contributed by atoms with Crippen molar-refractivity contribution in [2.45, 2.75) is 57.8 Å². The van der Waals surface area contributed by atoms with E-state index in [-0.39, 0.29) is 12.5 Å². The van der Waals surface area contributed by atoms with Gasteiger partial charge in [-0.25, -0.2) is 4.79 Å². The van der Waals surface area contributed by atoms with Gasteiger partial charge in [0.15, 0.2) is 0 Å². The number of aliphatic imine (C=N–C) groups is 1. The SMILES string of the molecule is C=CCOc1cc([C@@H](CCC)NC(=O)[C@]2(C)CSC(/C(C)=N/OCCCN)=N2)oc(=O)c1.O=C([O-])C(F)(F)F. The monoisotopic (exact) mass is 577 g/mol. The van der Waals surface area contributed by atoms with E-state index >= 15 is 0 Å². The largest absolute Gasteiger partial charge is 0.542 e. The molecule has 1 aliphatic heterocycles. The minimum Gasteiger partial charge on any atom is -0.542 e. The molecule has 2 atom stereocenters. The van der Waals surface area contributed by atoms with Gasteiger partial charge in [-0.1, -0.05) is 31.2 Å². The summed E-state index contributed by atoms with van der Waals surface area (Å²) in [4.78, 5) is 43.8. The summed E-state index contributed by atoms with van der Waals surface area (Å²) < 4.78 is 42.4. The van der Waals surface area contributed by atoms with Crippen molar-refractivity contribution in [3.05, 3.63) is 41.0 Å². The van der Waals surface area contributed by atoms with Crippen LogP contribution in [0.15, 0.2) is 44.1 Å². The number of carbonyl (C=O) groups is 2. The second-order valence-electron chi connectivity index (χ2n) is 8.35. The third kappa shape index (κ3) is 11.5. The molecule has 3 N–H and O–H groups in total. The smallest absolute Gasteiger partial charge is 0.430 e. The number of alkyl halides is 3. The highest BCUT2D eigenvalue weighted by Gasteiger charge is 2.40. The first-order valence-corrected chi connectivity index (χ1v) is 12.8. The van der Waals surface area contributed by atoms with Crippen molar-refractivity contribution in [1.82, 2.24) is 5.32 Å². The lowest BCUT2D eigenvalue weighted by atomic mass is 10.0. The molecule has 0 radical (unpaired) electrons. The first kappa shape index (κ1) is 33.7. The van der Waals surface area contributed by atoms with Crippen molar-refractivity contribution in [2.75, 3.05) is 25.5 Å². The number of thioether (sulfide) groups is 1. The topological polar surface area (TPSA) is 169 Å². The molecule has 0 bridgehead atoms. The third-order valence-electron chi connectivity index (χ3n) is 4.87. The van der Waals surface area contributed by atoms with Crippen molar-refractivity contribution < 1.29 is 41.9 Å². The van der Waals surface area contributed by atoms with Gasteiger partial charge in [-0.05, 0) is 33.2 Å². The number of nitrogens with one attached hydrogen (secondary N) is 1.